The molecule has 1 aliphatic carbocycles. The van der Waals surface area contributed by atoms with Crippen molar-refractivity contribution in [2.45, 2.75) is 50.4 Å². The molecule has 172 valence electrons. The minimum atomic E-state index is -0.605. The third kappa shape index (κ3) is 2.94. The van der Waals surface area contributed by atoms with Gasteiger partial charge in [-0.2, -0.15) is 0 Å². The molecule has 34 heavy (non-hydrogen) atoms. The second kappa shape index (κ2) is 7.24. The zero-order valence-electron chi connectivity index (χ0n) is 18.6. The van der Waals surface area contributed by atoms with Crippen molar-refractivity contribution in [2.75, 3.05) is 12.3 Å². The van der Waals surface area contributed by atoms with E-state index in [2.05, 4.69) is 28.2 Å². The molecule has 1 amide bonds. The fourth-order valence-corrected chi connectivity index (χ4v) is 5.65. The monoisotopic (exact) mass is 457 g/mol. The van der Waals surface area contributed by atoms with Gasteiger partial charge in [0.15, 0.2) is 0 Å². The van der Waals surface area contributed by atoms with Crippen molar-refractivity contribution in [1.29, 1.82) is 0 Å². The lowest BCUT2D eigenvalue weighted by Crippen LogP contribution is -2.48. The Labute approximate surface area is 195 Å². The van der Waals surface area contributed by atoms with E-state index in [-0.39, 0.29) is 29.4 Å². The Morgan fingerprint density at radius 1 is 1.15 bits per heavy atom. The van der Waals surface area contributed by atoms with Crippen molar-refractivity contribution in [1.82, 2.24) is 19.3 Å². The topological polar surface area (TPSA) is 85.8 Å². The van der Waals surface area contributed by atoms with Gasteiger partial charge in [-0.3, -0.25) is 9.20 Å². The van der Waals surface area contributed by atoms with Crippen LogP contribution in [0.1, 0.15) is 64.7 Å². The van der Waals surface area contributed by atoms with Crippen LogP contribution < -0.4 is 5.73 Å². The van der Waals surface area contributed by atoms with E-state index in [0.717, 1.165) is 24.0 Å². The first-order chi connectivity index (χ1) is 16.6. The number of nitrogens with zero attached hydrogens (tertiary/aromatic N) is 4. The molecule has 4 aromatic rings. The summed E-state index contributed by atoms with van der Waals surface area (Å²) in [4.78, 5) is 24.1. The number of aromatic nitrogens is 3. The number of carbonyl (C=O) groups is 1. The molecule has 1 saturated carbocycles. The van der Waals surface area contributed by atoms with Crippen molar-refractivity contribution in [3.63, 3.8) is 0 Å². The molecule has 8 heteroatoms. The van der Waals surface area contributed by atoms with Crippen LogP contribution in [0.5, 0.6) is 0 Å². The summed E-state index contributed by atoms with van der Waals surface area (Å²) in [5, 5.41) is 0. The van der Waals surface area contributed by atoms with Crippen LogP contribution in [0.3, 0.4) is 0 Å². The molecule has 2 fully saturated rings. The molecular formula is C26H24FN5O2. The Balaban J connectivity index is 1.32. The molecule has 1 unspecified atom stereocenters. The van der Waals surface area contributed by atoms with E-state index in [0.29, 0.717) is 35.6 Å². The van der Waals surface area contributed by atoms with Gasteiger partial charge in [0.25, 0.3) is 5.91 Å². The Hall–Kier alpha value is -3.52. The Bertz CT molecular complexity index is 1480. The van der Waals surface area contributed by atoms with Gasteiger partial charge in [0, 0.05) is 12.6 Å². The summed E-state index contributed by atoms with van der Waals surface area (Å²) in [5.41, 5.74) is 11.2. The van der Waals surface area contributed by atoms with Gasteiger partial charge < -0.3 is 15.4 Å². The number of fused-ring (bicyclic) bond motifs is 6. The van der Waals surface area contributed by atoms with Crippen LogP contribution in [0.25, 0.3) is 16.6 Å². The zero-order valence-corrected chi connectivity index (χ0v) is 18.6. The molecule has 2 aliphatic heterocycles. The van der Waals surface area contributed by atoms with Crippen molar-refractivity contribution < 1.29 is 13.9 Å². The first-order valence-corrected chi connectivity index (χ1v) is 11.8. The highest BCUT2D eigenvalue weighted by atomic mass is 19.1. The van der Waals surface area contributed by atoms with Gasteiger partial charge in [0.2, 0.25) is 0 Å². The van der Waals surface area contributed by atoms with E-state index in [1.165, 1.54) is 24.5 Å². The van der Waals surface area contributed by atoms with Crippen LogP contribution >= 0.6 is 0 Å². The van der Waals surface area contributed by atoms with Gasteiger partial charge in [-0.05, 0) is 54.4 Å². The number of ether oxygens (including phenoxy) is 1. The van der Waals surface area contributed by atoms with Gasteiger partial charge in [0.05, 0.1) is 47.9 Å². The Morgan fingerprint density at radius 2 is 2.03 bits per heavy atom. The van der Waals surface area contributed by atoms with Crippen molar-refractivity contribution in [2.24, 2.45) is 0 Å². The van der Waals surface area contributed by atoms with Crippen LogP contribution in [0.15, 0.2) is 42.9 Å². The van der Waals surface area contributed by atoms with Crippen LogP contribution in [0.2, 0.25) is 0 Å². The number of rotatable bonds is 2. The second-order valence-electron chi connectivity index (χ2n) is 9.63. The van der Waals surface area contributed by atoms with Crippen LogP contribution in [-0.4, -0.2) is 37.8 Å². The largest absolute Gasteiger partial charge is 0.382 e. The summed E-state index contributed by atoms with van der Waals surface area (Å²) in [6.45, 7) is 1.13. The molecular weight excluding hydrogens is 433 g/mol. The summed E-state index contributed by atoms with van der Waals surface area (Å²) in [6, 6.07) is 9.23. The molecule has 7 rings (SSSR count). The lowest BCUT2D eigenvalue weighted by molar-refractivity contribution is -0.0571. The van der Waals surface area contributed by atoms with Gasteiger partial charge in [-0.25, -0.2) is 14.4 Å². The lowest BCUT2D eigenvalue weighted by atomic mass is 9.86. The lowest BCUT2D eigenvalue weighted by Gasteiger charge is -2.44. The first-order valence-electron chi connectivity index (χ1n) is 11.8. The number of likely N-dealkylation sites (tertiary alicyclic amines) is 1. The molecule has 0 bridgehead atoms. The first kappa shape index (κ1) is 19.9. The summed E-state index contributed by atoms with van der Waals surface area (Å²) in [6.07, 6.45) is 7.31. The van der Waals surface area contributed by atoms with Crippen LogP contribution in [-0.2, 0) is 11.3 Å². The van der Waals surface area contributed by atoms with E-state index in [9.17, 15) is 4.79 Å². The molecule has 7 nitrogen and oxygen atoms in total. The molecule has 0 spiro atoms. The van der Waals surface area contributed by atoms with E-state index in [4.69, 9.17) is 10.5 Å². The third-order valence-electron chi connectivity index (χ3n) is 7.52. The number of piperidine rings is 1. The number of nitrogen functional groups attached to an aromatic ring is 1. The van der Waals surface area contributed by atoms with Crippen LogP contribution in [0, 0.1) is 5.82 Å². The number of halogens is 1. The number of amides is 1. The normalized spacial score (nSPS) is 22.1. The third-order valence-corrected chi connectivity index (χ3v) is 7.52. The highest BCUT2D eigenvalue weighted by Gasteiger charge is 2.41. The van der Waals surface area contributed by atoms with Gasteiger partial charge >= 0.3 is 0 Å². The maximum Gasteiger partial charge on any atom is 0.257 e. The Kier molecular flexibility index (Phi) is 4.24. The number of nitrogens with two attached hydrogens (primary N) is 1. The SMILES string of the molecule is Nc1nc2cc(F)c(C(=O)N3CCCC4OCc5cc(C6CC6)ccc5[C@@H]43)cc2n2cncc12. The molecule has 4 heterocycles. The van der Waals surface area contributed by atoms with Crippen LogP contribution in [0.4, 0.5) is 10.2 Å². The van der Waals surface area contributed by atoms with Gasteiger partial charge in [-0.15, -0.1) is 0 Å². The van der Waals surface area contributed by atoms with Gasteiger partial charge in [-0.1, -0.05) is 18.2 Å². The van der Waals surface area contributed by atoms with E-state index < -0.39 is 5.82 Å². The molecule has 2 aromatic heterocycles. The Morgan fingerprint density at radius 3 is 2.88 bits per heavy atom. The zero-order chi connectivity index (χ0) is 23.0. The maximum absolute atomic E-state index is 15.3. The minimum Gasteiger partial charge on any atom is -0.382 e. The molecule has 1 saturated heterocycles. The van der Waals surface area contributed by atoms with E-state index >= 15 is 4.39 Å². The quantitative estimate of drug-likeness (QED) is 0.484. The minimum absolute atomic E-state index is 0.0245. The molecule has 2 aromatic carbocycles. The summed E-state index contributed by atoms with van der Waals surface area (Å²) in [7, 11) is 0. The molecule has 0 radical (unpaired) electrons. The highest BCUT2D eigenvalue weighted by molar-refractivity contribution is 5.99. The second-order valence-corrected chi connectivity index (χ2v) is 9.63. The number of hydrogen-bond acceptors (Lipinski definition) is 5. The predicted octanol–water partition coefficient (Wildman–Crippen LogP) is 4.36. The highest BCUT2D eigenvalue weighted by Crippen LogP contribution is 2.44. The standard InChI is InChI=1S/C26H24FN5O2/c27-19-10-20-21(32-13-29-11-22(32)25(28)30-20)9-18(19)26(33)31-7-1-2-23-24(31)17-6-5-15(14-3-4-14)8-16(17)12-34-23/h5-6,8-11,13-14,23-24H,1-4,7,12H2,(H2,28,30)/t23?,24-/m0/s1. The van der Waals surface area contributed by atoms with Crippen molar-refractivity contribution in [3.05, 3.63) is 70.9 Å². The number of carbonyl (C=O) groups excluding carboxylic acids is 1. The van der Waals surface area contributed by atoms with Gasteiger partial charge in [0.1, 0.15) is 17.2 Å². The molecule has 2 atom stereocenters. The van der Waals surface area contributed by atoms with E-state index in [1.54, 1.807) is 27.9 Å². The van der Waals surface area contributed by atoms with Crippen molar-refractivity contribution in [3.8, 4) is 0 Å². The fourth-order valence-electron chi connectivity index (χ4n) is 5.65. The number of imidazole rings is 1. The smallest absolute Gasteiger partial charge is 0.257 e. The average molecular weight is 458 g/mol. The predicted molar refractivity (Wildman–Crippen MR) is 125 cm³/mol. The van der Waals surface area contributed by atoms with Crippen molar-refractivity contribution >= 4 is 28.3 Å². The molecule has 2 N–H and O–H groups in total. The fraction of sp³-hybridized carbons (Fsp3) is 0.346. The average Bonchev–Trinajstić information content (AvgIpc) is 3.58. The summed E-state index contributed by atoms with van der Waals surface area (Å²) < 4.78 is 23.2. The molecule has 3 aliphatic rings. The summed E-state index contributed by atoms with van der Waals surface area (Å²) >= 11 is 0. The maximum atomic E-state index is 15.3. The number of benzene rings is 2. The number of hydrogen-bond donors (Lipinski definition) is 1. The summed E-state index contributed by atoms with van der Waals surface area (Å²) in [5.74, 6) is -0.0146. The van der Waals surface area contributed by atoms with E-state index in [1.807, 2.05) is 0 Å². The number of anilines is 1.